The Morgan fingerprint density at radius 2 is 1.77 bits per heavy atom. The molecule has 11 heteroatoms. The van der Waals surface area contributed by atoms with Crippen LogP contribution in [0.5, 0.6) is 0 Å². The molecule has 3 rings (SSSR count). The first-order valence-electron chi connectivity index (χ1n) is 8.95. The third-order valence-electron chi connectivity index (χ3n) is 4.57. The maximum Gasteiger partial charge on any atom is 0.416 e. The molecule has 0 aliphatic carbocycles. The SMILES string of the molecule is O=C(CC(=O)N1CCN(c2cccc(C(F)(F)F)c2)CC1)Nc1ccc(Cl)nc1Cl. The van der Waals surface area contributed by atoms with Crippen LogP contribution in [0.3, 0.4) is 0 Å². The van der Waals surface area contributed by atoms with Crippen molar-refractivity contribution in [3.05, 3.63) is 52.3 Å². The zero-order chi connectivity index (χ0) is 21.9. The van der Waals surface area contributed by atoms with Crippen LogP contribution >= 0.6 is 23.2 Å². The van der Waals surface area contributed by atoms with Crippen molar-refractivity contribution in [2.75, 3.05) is 36.4 Å². The van der Waals surface area contributed by atoms with E-state index in [0.29, 0.717) is 31.9 Å². The smallest absolute Gasteiger partial charge is 0.368 e. The molecule has 0 radical (unpaired) electrons. The summed E-state index contributed by atoms with van der Waals surface area (Å²) in [5.74, 6) is -0.930. The predicted octanol–water partition coefficient (Wildman–Crippen LogP) is 4.08. The van der Waals surface area contributed by atoms with Crippen molar-refractivity contribution in [2.45, 2.75) is 12.6 Å². The van der Waals surface area contributed by atoms with Gasteiger partial charge in [0.05, 0.1) is 11.3 Å². The Morgan fingerprint density at radius 3 is 2.40 bits per heavy atom. The number of hydrogen-bond donors (Lipinski definition) is 1. The number of nitrogens with zero attached hydrogens (tertiary/aromatic N) is 3. The van der Waals surface area contributed by atoms with Crippen molar-refractivity contribution >= 4 is 46.4 Å². The number of pyridine rings is 1. The van der Waals surface area contributed by atoms with Crippen LogP contribution in [0, 0.1) is 0 Å². The Bertz CT molecular complexity index is 948. The van der Waals surface area contributed by atoms with E-state index in [2.05, 4.69) is 10.3 Å². The number of aromatic nitrogens is 1. The number of carbonyl (C=O) groups excluding carboxylic acids is 2. The van der Waals surface area contributed by atoms with Gasteiger partial charge in [0.15, 0.2) is 5.15 Å². The third kappa shape index (κ3) is 5.54. The second-order valence-electron chi connectivity index (χ2n) is 6.61. The maximum absolute atomic E-state index is 12.9. The molecule has 0 saturated carbocycles. The summed E-state index contributed by atoms with van der Waals surface area (Å²) in [6, 6.07) is 8.01. The average Bonchev–Trinajstić information content (AvgIpc) is 2.69. The molecule has 6 nitrogen and oxygen atoms in total. The van der Waals surface area contributed by atoms with Crippen LogP contribution < -0.4 is 10.2 Å². The molecule has 1 N–H and O–H groups in total. The molecule has 0 unspecified atom stereocenters. The number of rotatable bonds is 4. The van der Waals surface area contributed by atoms with Crippen LogP contribution in [0.2, 0.25) is 10.3 Å². The first kappa shape index (κ1) is 22.2. The van der Waals surface area contributed by atoms with Gasteiger partial charge in [0.1, 0.15) is 11.6 Å². The highest BCUT2D eigenvalue weighted by Gasteiger charge is 2.31. The van der Waals surface area contributed by atoms with E-state index in [1.54, 1.807) is 11.0 Å². The number of piperazine rings is 1. The second kappa shape index (κ2) is 9.09. The van der Waals surface area contributed by atoms with Crippen molar-refractivity contribution in [3.8, 4) is 0 Å². The lowest BCUT2D eigenvalue weighted by Gasteiger charge is -2.36. The van der Waals surface area contributed by atoms with Gasteiger partial charge < -0.3 is 15.1 Å². The van der Waals surface area contributed by atoms with Crippen LogP contribution in [0.1, 0.15) is 12.0 Å². The Labute approximate surface area is 180 Å². The highest BCUT2D eigenvalue weighted by Crippen LogP contribution is 2.32. The largest absolute Gasteiger partial charge is 0.416 e. The first-order valence-corrected chi connectivity index (χ1v) is 9.71. The lowest BCUT2D eigenvalue weighted by Crippen LogP contribution is -2.49. The lowest BCUT2D eigenvalue weighted by molar-refractivity contribution is -0.137. The summed E-state index contributed by atoms with van der Waals surface area (Å²) < 4.78 is 38.7. The van der Waals surface area contributed by atoms with Gasteiger partial charge in [-0.2, -0.15) is 13.2 Å². The standard InChI is InChI=1S/C19H17Cl2F3N4O2/c20-15-5-4-14(18(21)26-15)25-16(29)11-17(30)28-8-6-27(7-9-28)13-3-1-2-12(10-13)19(22,23)24/h1-5,10H,6-9,11H2,(H,25,29). The molecule has 30 heavy (non-hydrogen) atoms. The lowest BCUT2D eigenvalue weighted by atomic mass is 10.1. The number of hydrogen-bond acceptors (Lipinski definition) is 4. The van der Waals surface area contributed by atoms with Crippen LogP contribution in [-0.4, -0.2) is 47.9 Å². The minimum atomic E-state index is -4.41. The molecular formula is C19H17Cl2F3N4O2. The van der Waals surface area contributed by atoms with Gasteiger partial charge in [-0.15, -0.1) is 0 Å². The Morgan fingerprint density at radius 1 is 1.07 bits per heavy atom. The van der Waals surface area contributed by atoms with Crippen LogP contribution in [0.4, 0.5) is 24.5 Å². The second-order valence-corrected chi connectivity index (χ2v) is 7.36. The van der Waals surface area contributed by atoms with E-state index in [1.807, 2.05) is 0 Å². The van der Waals surface area contributed by atoms with Crippen molar-refractivity contribution < 1.29 is 22.8 Å². The number of halogens is 5. The van der Waals surface area contributed by atoms with Crippen LogP contribution in [0.15, 0.2) is 36.4 Å². The van der Waals surface area contributed by atoms with Gasteiger partial charge in [0.25, 0.3) is 0 Å². The Balaban J connectivity index is 1.53. The Kier molecular flexibility index (Phi) is 6.72. The number of anilines is 2. The predicted molar refractivity (Wildman–Crippen MR) is 108 cm³/mol. The molecule has 1 saturated heterocycles. The van der Waals surface area contributed by atoms with E-state index < -0.39 is 17.6 Å². The van der Waals surface area contributed by atoms with Gasteiger partial charge in [-0.1, -0.05) is 29.3 Å². The van der Waals surface area contributed by atoms with E-state index in [9.17, 15) is 22.8 Å². The average molecular weight is 461 g/mol. The van der Waals surface area contributed by atoms with Crippen molar-refractivity contribution in [3.63, 3.8) is 0 Å². The highest BCUT2D eigenvalue weighted by atomic mass is 35.5. The zero-order valence-electron chi connectivity index (χ0n) is 15.5. The first-order chi connectivity index (χ1) is 14.1. The summed E-state index contributed by atoms with van der Waals surface area (Å²) in [4.78, 5) is 31.6. The van der Waals surface area contributed by atoms with Gasteiger partial charge in [-0.25, -0.2) is 4.98 Å². The molecule has 0 bridgehead atoms. The number of alkyl halides is 3. The topological polar surface area (TPSA) is 65.5 Å². The highest BCUT2D eigenvalue weighted by molar-refractivity contribution is 6.34. The zero-order valence-corrected chi connectivity index (χ0v) is 17.1. The van der Waals surface area contributed by atoms with Crippen molar-refractivity contribution in [1.29, 1.82) is 0 Å². The quantitative estimate of drug-likeness (QED) is 0.551. The maximum atomic E-state index is 12.9. The number of carbonyl (C=O) groups is 2. The van der Waals surface area contributed by atoms with Crippen LogP contribution in [0.25, 0.3) is 0 Å². The molecule has 0 spiro atoms. The molecule has 1 aromatic carbocycles. The molecule has 0 atom stereocenters. The molecular weight excluding hydrogens is 444 g/mol. The summed E-state index contributed by atoms with van der Waals surface area (Å²) in [6.45, 7) is 1.32. The molecule has 1 aromatic heterocycles. The number of benzene rings is 1. The fourth-order valence-corrected chi connectivity index (χ4v) is 3.43. The van der Waals surface area contributed by atoms with Gasteiger partial charge in [0.2, 0.25) is 11.8 Å². The van der Waals surface area contributed by atoms with Crippen molar-refractivity contribution in [2.24, 2.45) is 0 Å². The molecule has 1 aliphatic heterocycles. The fraction of sp³-hybridized carbons (Fsp3) is 0.316. The molecule has 1 fully saturated rings. The molecule has 2 aromatic rings. The number of amides is 2. The third-order valence-corrected chi connectivity index (χ3v) is 5.07. The van der Waals surface area contributed by atoms with Gasteiger partial charge in [0, 0.05) is 31.9 Å². The van der Waals surface area contributed by atoms with Gasteiger partial charge in [-0.05, 0) is 30.3 Å². The summed E-state index contributed by atoms with van der Waals surface area (Å²) >= 11 is 11.6. The van der Waals surface area contributed by atoms with E-state index >= 15 is 0 Å². The van der Waals surface area contributed by atoms with Crippen LogP contribution in [-0.2, 0) is 15.8 Å². The fourth-order valence-electron chi connectivity index (χ4n) is 3.04. The van der Waals surface area contributed by atoms with E-state index in [0.717, 1.165) is 12.1 Å². The normalized spacial score (nSPS) is 14.6. The monoisotopic (exact) mass is 460 g/mol. The molecule has 2 heterocycles. The molecule has 160 valence electrons. The molecule has 2 amide bonds. The van der Waals surface area contributed by atoms with Gasteiger partial charge in [-0.3, -0.25) is 9.59 Å². The Hall–Kier alpha value is -2.52. The summed E-state index contributed by atoms with van der Waals surface area (Å²) in [5.41, 5.74) is -0.0293. The van der Waals surface area contributed by atoms with E-state index in [-0.39, 0.29) is 28.3 Å². The van der Waals surface area contributed by atoms with E-state index in [4.69, 9.17) is 23.2 Å². The molecule has 1 aliphatic rings. The van der Waals surface area contributed by atoms with E-state index in [1.165, 1.54) is 23.1 Å². The summed E-state index contributed by atoms with van der Waals surface area (Å²) in [7, 11) is 0. The minimum absolute atomic E-state index is 0.0120. The minimum Gasteiger partial charge on any atom is -0.368 e. The summed E-state index contributed by atoms with van der Waals surface area (Å²) in [5, 5.41) is 2.69. The number of nitrogens with one attached hydrogen (secondary N) is 1. The summed E-state index contributed by atoms with van der Waals surface area (Å²) in [6.07, 6.45) is -4.80. The van der Waals surface area contributed by atoms with Gasteiger partial charge >= 0.3 is 6.18 Å². The van der Waals surface area contributed by atoms with Crippen molar-refractivity contribution in [1.82, 2.24) is 9.88 Å².